The van der Waals surface area contributed by atoms with E-state index in [1.165, 1.54) is 20.8 Å². The van der Waals surface area contributed by atoms with E-state index in [0.717, 1.165) is 0 Å². The van der Waals surface area contributed by atoms with Gasteiger partial charge in [0.1, 0.15) is 18.1 Å². The molecule has 11 nitrogen and oxygen atoms in total. The monoisotopic (exact) mass is 394 g/mol. The topological polar surface area (TPSA) is 191 Å². The molecule has 0 radical (unpaired) electrons. The molecule has 6 unspecified atom stereocenters. The van der Waals surface area contributed by atoms with Crippen molar-refractivity contribution in [3.05, 3.63) is 0 Å². The number of rotatable bonds is 10. The summed E-state index contributed by atoms with van der Waals surface area (Å²) in [4.78, 5) is 47.0. The average Bonchev–Trinajstić information content (AvgIpc) is 2.55. The molecule has 0 aromatic rings. The highest BCUT2D eigenvalue weighted by Gasteiger charge is 2.33. The molecule has 8 N–H and O–H groups in total. The number of hydrogen-bond donors (Lipinski definition) is 8. The minimum atomic E-state index is -1.50. The van der Waals surface area contributed by atoms with Crippen LogP contribution >= 0.6 is 12.6 Å². The molecule has 0 rings (SSSR count). The summed E-state index contributed by atoms with van der Waals surface area (Å²) in [6, 6.07) is -5.21. The SMILES string of the molecule is CC(NC(=O)C(NC(=O)C(NC(=O)C(N)CS)C(C)O)C(C)O)C(=O)O. The summed E-state index contributed by atoms with van der Waals surface area (Å²) in [7, 11) is 0. The van der Waals surface area contributed by atoms with E-state index in [0.29, 0.717) is 0 Å². The average molecular weight is 394 g/mol. The van der Waals surface area contributed by atoms with Crippen molar-refractivity contribution in [3.63, 3.8) is 0 Å². The highest BCUT2D eigenvalue weighted by molar-refractivity contribution is 7.80. The molecule has 0 aromatic heterocycles. The van der Waals surface area contributed by atoms with Crippen LogP contribution in [0.4, 0.5) is 0 Å². The zero-order chi connectivity index (χ0) is 20.6. The van der Waals surface area contributed by atoms with Crippen molar-refractivity contribution in [2.24, 2.45) is 5.73 Å². The number of thiol groups is 1. The third kappa shape index (κ3) is 7.56. The Morgan fingerprint density at radius 2 is 1.27 bits per heavy atom. The van der Waals surface area contributed by atoms with E-state index in [2.05, 4.69) is 28.6 Å². The molecule has 0 aliphatic rings. The maximum Gasteiger partial charge on any atom is 0.325 e. The zero-order valence-electron chi connectivity index (χ0n) is 14.7. The quantitative estimate of drug-likeness (QED) is 0.175. The van der Waals surface area contributed by atoms with Gasteiger partial charge in [0.15, 0.2) is 0 Å². The van der Waals surface area contributed by atoms with Gasteiger partial charge in [0.05, 0.1) is 18.2 Å². The maximum atomic E-state index is 12.3. The van der Waals surface area contributed by atoms with Crippen LogP contribution < -0.4 is 21.7 Å². The lowest BCUT2D eigenvalue weighted by molar-refractivity contribution is -0.142. The Morgan fingerprint density at radius 1 is 0.885 bits per heavy atom. The van der Waals surface area contributed by atoms with Crippen LogP contribution in [0.15, 0.2) is 0 Å². The van der Waals surface area contributed by atoms with Gasteiger partial charge in [-0.15, -0.1) is 0 Å². The molecular formula is C14H26N4O7S. The number of nitrogens with one attached hydrogen (secondary N) is 3. The van der Waals surface area contributed by atoms with E-state index >= 15 is 0 Å². The molecule has 0 saturated carbocycles. The summed E-state index contributed by atoms with van der Waals surface area (Å²) >= 11 is 3.86. The molecule has 3 amide bonds. The van der Waals surface area contributed by atoms with Gasteiger partial charge in [-0.2, -0.15) is 12.6 Å². The second kappa shape index (κ2) is 11.0. The first-order valence-electron chi connectivity index (χ1n) is 7.78. The Morgan fingerprint density at radius 3 is 1.62 bits per heavy atom. The Balaban J connectivity index is 5.17. The first kappa shape index (κ1) is 24.1. The lowest BCUT2D eigenvalue weighted by atomic mass is 10.1. The van der Waals surface area contributed by atoms with Crippen molar-refractivity contribution in [1.82, 2.24) is 16.0 Å². The largest absolute Gasteiger partial charge is 0.480 e. The molecule has 0 aliphatic carbocycles. The molecule has 6 atom stereocenters. The number of aliphatic hydroxyl groups excluding tert-OH is 2. The smallest absolute Gasteiger partial charge is 0.325 e. The Kier molecular flexibility index (Phi) is 10.2. The minimum absolute atomic E-state index is 0.00572. The Bertz CT molecular complexity index is 529. The summed E-state index contributed by atoms with van der Waals surface area (Å²) in [6.45, 7) is 3.66. The van der Waals surface area contributed by atoms with E-state index in [4.69, 9.17) is 10.8 Å². The molecule has 0 heterocycles. The number of aliphatic hydroxyl groups is 2. The lowest BCUT2D eigenvalue weighted by Gasteiger charge is -2.27. The van der Waals surface area contributed by atoms with E-state index in [-0.39, 0.29) is 5.75 Å². The third-order valence-electron chi connectivity index (χ3n) is 3.39. The van der Waals surface area contributed by atoms with Crippen molar-refractivity contribution in [3.8, 4) is 0 Å². The van der Waals surface area contributed by atoms with Crippen LogP contribution in [0.25, 0.3) is 0 Å². The van der Waals surface area contributed by atoms with Gasteiger partial charge in [-0.25, -0.2) is 0 Å². The summed E-state index contributed by atoms with van der Waals surface area (Å²) in [6.07, 6.45) is -2.70. The predicted octanol–water partition coefficient (Wildman–Crippen LogP) is -3.44. The van der Waals surface area contributed by atoms with Gasteiger partial charge in [-0.3, -0.25) is 19.2 Å². The maximum absolute atomic E-state index is 12.3. The molecule has 26 heavy (non-hydrogen) atoms. The van der Waals surface area contributed by atoms with Gasteiger partial charge in [0, 0.05) is 5.75 Å². The number of aliphatic carboxylic acids is 1. The van der Waals surface area contributed by atoms with Gasteiger partial charge in [0.25, 0.3) is 0 Å². The van der Waals surface area contributed by atoms with Crippen LogP contribution in [0.2, 0.25) is 0 Å². The second-order valence-electron chi connectivity index (χ2n) is 5.81. The highest BCUT2D eigenvalue weighted by atomic mass is 32.1. The van der Waals surface area contributed by atoms with Gasteiger partial charge < -0.3 is 37.0 Å². The summed E-state index contributed by atoms with van der Waals surface area (Å²) in [5, 5.41) is 34.7. The molecule has 0 aromatic carbocycles. The number of carbonyl (C=O) groups is 4. The van der Waals surface area contributed by atoms with Crippen LogP contribution in [0.3, 0.4) is 0 Å². The minimum Gasteiger partial charge on any atom is -0.480 e. The first-order valence-corrected chi connectivity index (χ1v) is 8.42. The zero-order valence-corrected chi connectivity index (χ0v) is 15.6. The van der Waals surface area contributed by atoms with Crippen molar-refractivity contribution in [1.29, 1.82) is 0 Å². The molecule has 0 fully saturated rings. The first-order chi connectivity index (χ1) is 11.9. The van der Waals surface area contributed by atoms with E-state index < -0.39 is 60.1 Å². The van der Waals surface area contributed by atoms with Crippen LogP contribution in [0.1, 0.15) is 20.8 Å². The van der Waals surface area contributed by atoms with Gasteiger partial charge in [-0.05, 0) is 20.8 Å². The van der Waals surface area contributed by atoms with Crippen LogP contribution in [0.5, 0.6) is 0 Å². The third-order valence-corrected chi connectivity index (χ3v) is 3.78. The fraction of sp³-hybridized carbons (Fsp3) is 0.714. The van der Waals surface area contributed by atoms with E-state index in [9.17, 15) is 29.4 Å². The lowest BCUT2D eigenvalue weighted by Crippen LogP contribution is -2.61. The molecule has 0 saturated heterocycles. The Hall–Kier alpha value is -1.89. The number of nitrogens with two attached hydrogens (primary N) is 1. The van der Waals surface area contributed by atoms with Crippen molar-refractivity contribution in [2.45, 2.75) is 57.1 Å². The summed E-state index contributed by atoms with van der Waals surface area (Å²) in [5.41, 5.74) is 5.48. The Labute approximate surface area is 156 Å². The summed E-state index contributed by atoms with van der Waals surface area (Å²) < 4.78 is 0. The van der Waals surface area contributed by atoms with Gasteiger partial charge in [-0.1, -0.05) is 0 Å². The number of amides is 3. The standard InChI is InChI=1S/C14H26N4O7S/c1-5(14(24)25)16-12(22)9(6(2)19)18-13(23)10(7(3)20)17-11(21)8(15)4-26/h5-10,19-20,26H,4,15H2,1-3H3,(H,16,22)(H,17,21)(H,18,23)(H,24,25). The number of carbonyl (C=O) groups excluding carboxylic acids is 3. The fourth-order valence-electron chi connectivity index (χ4n) is 1.76. The van der Waals surface area contributed by atoms with Crippen LogP contribution in [0, 0.1) is 0 Å². The predicted molar refractivity (Wildman–Crippen MR) is 94.3 cm³/mol. The number of carboxylic acid groups (broad SMARTS) is 1. The molecule has 0 bridgehead atoms. The van der Waals surface area contributed by atoms with E-state index in [1.54, 1.807) is 0 Å². The highest BCUT2D eigenvalue weighted by Crippen LogP contribution is 2.00. The van der Waals surface area contributed by atoms with Crippen LogP contribution in [-0.2, 0) is 19.2 Å². The second-order valence-corrected chi connectivity index (χ2v) is 6.18. The van der Waals surface area contributed by atoms with Crippen molar-refractivity contribution < 1.29 is 34.5 Å². The molecule has 150 valence electrons. The molecular weight excluding hydrogens is 368 g/mol. The fourth-order valence-corrected chi connectivity index (χ4v) is 1.93. The van der Waals surface area contributed by atoms with Crippen LogP contribution in [-0.4, -0.2) is 81.1 Å². The molecule has 0 spiro atoms. The normalized spacial score (nSPS) is 17.8. The van der Waals surface area contributed by atoms with Crippen molar-refractivity contribution in [2.75, 3.05) is 5.75 Å². The summed E-state index contributed by atoms with van der Waals surface area (Å²) in [5.74, 6) is -3.93. The van der Waals surface area contributed by atoms with E-state index in [1.807, 2.05) is 0 Å². The van der Waals surface area contributed by atoms with Crippen molar-refractivity contribution >= 4 is 36.3 Å². The molecule has 12 heteroatoms. The van der Waals surface area contributed by atoms with Gasteiger partial charge in [0.2, 0.25) is 17.7 Å². The number of carboxylic acids is 1. The van der Waals surface area contributed by atoms with Gasteiger partial charge >= 0.3 is 5.97 Å². The number of hydrogen-bond acceptors (Lipinski definition) is 8. The molecule has 0 aliphatic heterocycles.